The van der Waals surface area contributed by atoms with Gasteiger partial charge in [-0.2, -0.15) is 9.78 Å². The second-order valence-corrected chi connectivity index (χ2v) is 5.01. The molecule has 0 aliphatic carbocycles. The summed E-state index contributed by atoms with van der Waals surface area (Å²) in [5.74, 6) is 1.71. The second kappa shape index (κ2) is 6.44. The molecule has 1 atom stereocenters. The molecule has 0 saturated carbocycles. The minimum Gasteiger partial charge on any atom is -0.337 e. The molecule has 1 unspecified atom stereocenters. The molecule has 0 radical (unpaired) electrons. The third-order valence-electron chi connectivity index (χ3n) is 3.25. The summed E-state index contributed by atoms with van der Waals surface area (Å²) >= 11 is 0. The molecule has 3 aromatic rings. The van der Waals surface area contributed by atoms with Gasteiger partial charge >= 0.3 is 0 Å². The molecule has 3 rings (SSSR count). The van der Waals surface area contributed by atoms with Gasteiger partial charge in [0.25, 0.3) is 0 Å². The fraction of sp³-hybridized carbons (Fsp3) is 0.357. The standard InChI is InChI=1S/C14H17N7O/c1-10(15-2)8-12-16-13(22-19-12)9-21-18-14(17-20-21)11-6-4-3-5-7-11/h3-7,10,15H,8-9H2,1-2H3. The Morgan fingerprint density at radius 1 is 1.27 bits per heavy atom. The maximum absolute atomic E-state index is 5.21. The topological polar surface area (TPSA) is 94.6 Å². The van der Waals surface area contributed by atoms with E-state index >= 15 is 0 Å². The van der Waals surface area contributed by atoms with Crippen molar-refractivity contribution in [2.45, 2.75) is 25.9 Å². The Balaban J connectivity index is 1.68. The summed E-state index contributed by atoms with van der Waals surface area (Å²) < 4.78 is 5.21. The van der Waals surface area contributed by atoms with Crippen LogP contribution in [0.3, 0.4) is 0 Å². The number of benzene rings is 1. The van der Waals surface area contributed by atoms with Gasteiger partial charge in [0, 0.05) is 18.0 Å². The first kappa shape index (κ1) is 14.3. The van der Waals surface area contributed by atoms with Crippen LogP contribution >= 0.6 is 0 Å². The number of likely N-dealkylation sites (N-methyl/N-ethyl adjacent to an activating group) is 1. The lowest BCUT2D eigenvalue weighted by molar-refractivity contribution is 0.351. The first-order valence-electron chi connectivity index (χ1n) is 7.06. The third-order valence-corrected chi connectivity index (χ3v) is 3.25. The molecule has 0 aliphatic heterocycles. The number of hydrogen-bond acceptors (Lipinski definition) is 7. The highest BCUT2D eigenvalue weighted by Crippen LogP contribution is 2.12. The zero-order valence-corrected chi connectivity index (χ0v) is 12.5. The van der Waals surface area contributed by atoms with Gasteiger partial charge in [-0.15, -0.1) is 10.2 Å². The number of tetrazole rings is 1. The molecule has 0 fully saturated rings. The highest BCUT2D eigenvalue weighted by molar-refractivity contribution is 5.52. The maximum Gasteiger partial charge on any atom is 0.250 e. The van der Waals surface area contributed by atoms with E-state index in [9.17, 15) is 0 Å². The van der Waals surface area contributed by atoms with E-state index in [1.165, 1.54) is 4.80 Å². The van der Waals surface area contributed by atoms with Crippen LogP contribution in [0.15, 0.2) is 34.9 Å². The highest BCUT2D eigenvalue weighted by Gasteiger charge is 2.12. The van der Waals surface area contributed by atoms with E-state index in [-0.39, 0.29) is 0 Å². The van der Waals surface area contributed by atoms with Gasteiger partial charge in [-0.3, -0.25) is 0 Å². The van der Waals surface area contributed by atoms with Crippen LogP contribution in [0.2, 0.25) is 0 Å². The van der Waals surface area contributed by atoms with E-state index < -0.39 is 0 Å². The van der Waals surface area contributed by atoms with Crippen LogP contribution in [-0.2, 0) is 13.0 Å². The minimum absolute atomic E-state index is 0.291. The Morgan fingerprint density at radius 2 is 2.09 bits per heavy atom. The number of aromatic nitrogens is 6. The highest BCUT2D eigenvalue weighted by atomic mass is 16.5. The van der Waals surface area contributed by atoms with Crippen LogP contribution < -0.4 is 5.32 Å². The quantitative estimate of drug-likeness (QED) is 0.723. The van der Waals surface area contributed by atoms with Crippen LogP contribution in [0.25, 0.3) is 11.4 Å². The lowest BCUT2D eigenvalue weighted by atomic mass is 10.2. The molecule has 8 heteroatoms. The molecule has 1 aromatic carbocycles. The van der Waals surface area contributed by atoms with Gasteiger partial charge in [0.1, 0.15) is 6.54 Å². The van der Waals surface area contributed by atoms with Crippen LogP contribution in [-0.4, -0.2) is 43.4 Å². The summed E-state index contributed by atoms with van der Waals surface area (Å²) in [5, 5.41) is 19.4. The Labute approximate surface area is 127 Å². The number of hydrogen-bond donors (Lipinski definition) is 1. The third kappa shape index (κ3) is 3.34. The van der Waals surface area contributed by atoms with Crippen molar-refractivity contribution in [3.05, 3.63) is 42.0 Å². The van der Waals surface area contributed by atoms with E-state index in [4.69, 9.17) is 4.52 Å². The van der Waals surface area contributed by atoms with Crippen molar-refractivity contribution in [3.63, 3.8) is 0 Å². The van der Waals surface area contributed by atoms with Crippen molar-refractivity contribution < 1.29 is 4.52 Å². The number of rotatable bonds is 6. The second-order valence-electron chi connectivity index (χ2n) is 5.01. The zero-order valence-electron chi connectivity index (χ0n) is 12.5. The van der Waals surface area contributed by atoms with Crippen LogP contribution in [0.5, 0.6) is 0 Å². The first-order valence-corrected chi connectivity index (χ1v) is 7.06. The van der Waals surface area contributed by atoms with Gasteiger partial charge in [-0.05, 0) is 19.2 Å². The average molecular weight is 299 g/mol. The summed E-state index contributed by atoms with van der Waals surface area (Å²) in [6.45, 7) is 2.36. The molecule has 22 heavy (non-hydrogen) atoms. The molecular weight excluding hydrogens is 282 g/mol. The summed E-state index contributed by atoms with van der Waals surface area (Å²) in [7, 11) is 1.90. The minimum atomic E-state index is 0.291. The Morgan fingerprint density at radius 3 is 2.86 bits per heavy atom. The Hall–Kier alpha value is -2.61. The largest absolute Gasteiger partial charge is 0.337 e. The van der Waals surface area contributed by atoms with Crippen LogP contribution in [0.1, 0.15) is 18.6 Å². The van der Waals surface area contributed by atoms with E-state index in [1.54, 1.807) is 0 Å². The van der Waals surface area contributed by atoms with Gasteiger partial charge in [0.05, 0.1) is 0 Å². The number of nitrogens with zero attached hydrogens (tertiary/aromatic N) is 6. The van der Waals surface area contributed by atoms with Gasteiger partial charge in [0.2, 0.25) is 11.7 Å². The fourth-order valence-electron chi connectivity index (χ4n) is 1.95. The fourth-order valence-corrected chi connectivity index (χ4v) is 1.95. The average Bonchev–Trinajstić information content (AvgIpc) is 3.18. The van der Waals surface area contributed by atoms with Gasteiger partial charge in [0.15, 0.2) is 5.82 Å². The predicted molar refractivity (Wildman–Crippen MR) is 78.9 cm³/mol. The molecule has 2 heterocycles. The predicted octanol–water partition coefficient (Wildman–Crippen LogP) is 0.922. The smallest absolute Gasteiger partial charge is 0.250 e. The Kier molecular flexibility index (Phi) is 4.19. The van der Waals surface area contributed by atoms with Gasteiger partial charge in [-0.1, -0.05) is 35.5 Å². The van der Waals surface area contributed by atoms with Crippen molar-refractivity contribution in [3.8, 4) is 11.4 Å². The first-order chi connectivity index (χ1) is 10.7. The monoisotopic (exact) mass is 299 g/mol. The van der Waals surface area contributed by atoms with Crippen molar-refractivity contribution in [1.29, 1.82) is 0 Å². The lowest BCUT2D eigenvalue weighted by Gasteiger charge is -2.04. The SMILES string of the molecule is CNC(C)Cc1noc(Cn2nnc(-c3ccccc3)n2)n1. The summed E-state index contributed by atoms with van der Waals surface area (Å²) in [4.78, 5) is 5.77. The van der Waals surface area contributed by atoms with E-state index in [0.717, 1.165) is 5.56 Å². The molecule has 0 saturated heterocycles. The van der Waals surface area contributed by atoms with E-state index in [1.807, 2.05) is 37.4 Å². The van der Waals surface area contributed by atoms with Crippen molar-refractivity contribution in [2.75, 3.05) is 7.05 Å². The molecule has 1 N–H and O–H groups in total. The molecule has 0 amide bonds. The molecule has 2 aromatic heterocycles. The van der Waals surface area contributed by atoms with Crippen LogP contribution in [0, 0.1) is 0 Å². The summed E-state index contributed by atoms with van der Waals surface area (Å²) in [5.41, 5.74) is 0.919. The van der Waals surface area contributed by atoms with Crippen molar-refractivity contribution in [1.82, 2.24) is 35.7 Å². The summed E-state index contributed by atoms with van der Waals surface area (Å²) in [6, 6.07) is 9.97. The zero-order chi connectivity index (χ0) is 15.4. The molecule has 114 valence electrons. The molecule has 8 nitrogen and oxygen atoms in total. The molecule has 0 bridgehead atoms. The normalized spacial score (nSPS) is 12.5. The Bertz CT molecular complexity index is 722. The lowest BCUT2D eigenvalue weighted by Crippen LogP contribution is -2.24. The molecular formula is C14H17N7O. The van der Waals surface area contributed by atoms with Crippen molar-refractivity contribution in [2.24, 2.45) is 0 Å². The van der Waals surface area contributed by atoms with Gasteiger partial charge < -0.3 is 9.84 Å². The molecule has 0 spiro atoms. The van der Waals surface area contributed by atoms with Gasteiger partial charge in [-0.25, -0.2) is 0 Å². The van der Waals surface area contributed by atoms with Crippen molar-refractivity contribution >= 4 is 0 Å². The van der Waals surface area contributed by atoms with E-state index in [0.29, 0.717) is 36.5 Å². The summed E-state index contributed by atoms with van der Waals surface area (Å²) in [6.07, 6.45) is 0.708. The van der Waals surface area contributed by atoms with Crippen LogP contribution in [0.4, 0.5) is 0 Å². The molecule has 0 aliphatic rings. The maximum atomic E-state index is 5.21. The van der Waals surface area contributed by atoms with E-state index in [2.05, 4.69) is 37.8 Å². The number of nitrogens with one attached hydrogen (secondary N) is 1.